The molecule has 1 aliphatic carbocycles. The first-order valence-corrected chi connectivity index (χ1v) is 5.72. The molecule has 1 aliphatic rings. The van der Waals surface area contributed by atoms with Gasteiger partial charge in [0.15, 0.2) is 0 Å². The van der Waals surface area contributed by atoms with E-state index in [-0.39, 0.29) is 0 Å². The van der Waals surface area contributed by atoms with Crippen LogP contribution in [0.3, 0.4) is 0 Å². The van der Waals surface area contributed by atoms with Crippen LogP contribution in [0.1, 0.15) is 32.3 Å². The fourth-order valence-corrected chi connectivity index (χ4v) is 2.03. The van der Waals surface area contributed by atoms with Gasteiger partial charge in [0.25, 0.3) is 0 Å². The van der Waals surface area contributed by atoms with E-state index in [4.69, 9.17) is 0 Å². The molecule has 0 amide bonds. The van der Waals surface area contributed by atoms with Crippen LogP contribution in [0.2, 0.25) is 0 Å². The molecule has 0 fully saturated rings. The fraction of sp³-hybridized carbons (Fsp3) is 0.333. The smallest absolute Gasteiger partial charge is 0.0224 e. The van der Waals surface area contributed by atoms with E-state index >= 15 is 0 Å². The Morgan fingerprint density at radius 1 is 0.933 bits per heavy atom. The monoisotopic (exact) mass is 198 g/mol. The van der Waals surface area contributed by atoms with Crippen molar-refractivity contribution in [2.45, 2.75) is 26.7 Å². The molecule has 1 aromatic rings. The third-order valence-corrected chi connectivity index (χ3v) is 3.07. The van der Waals surface area contributed by atoms with Crippen molar-refractivity contribution >= 4 is 5.57 Å². The zero-order valence-electron chi connectivity index (χ0n) is 9.53. The van der Waals surface area contributed by atoms with Crippen molar-refractivity contribution in [1.29, 1.82) is 0 Å². The lowest BCUT2D eigenvalue weighted by molar-refractivity contribution is 0.713. The molecular formula is C15H18. The van der Waals surface area contributed by atoms with Crippen LogP contribution >= 0.6 is 0 Å². The maximum absolute atomic E-state index is 2.30. The Morgan fingerprint density at radius 3 is 2.20 bits per heavy atom. The van der Waals surface area contributed by atoms with Gasteiger partial charge in [-0.25, -0.2) is 0 Å². The highest BCUT2D eigenvalue weighted by Gasteiger charge is 2.09. The third kappa shape index (κ3) is 2.38. The molecule has 0 spiro atoms. The van der Waals surface area contributed by atoms with Crippen LogP contribution in [0.25, 0.3) is 5.57 Å². The maximum Gasteiger partial charge on any atom is -0.0224 e. The second-order valence-corrected chi connectivity index (χ2v) is 4.45. The van der Waals surface area contributed by atoms with Crippen LogP contribution in [-0.2, 0) is 0 Å². The largest absolute Gasteiger partial charge is 0.0673 e. The molecule has 0 heterocycles. The summed E-state index contributed by atoms with van der Waals surface area (Å²) in [6.07, 6.45) is 7.00. The number of benzene rings is 1. The highest BCUT2D eigenvalue weighted by molar-refractivity contribution is 5.68. The van der Waals surface area contributed by atoms with Gasteiger partial charge < -0.3 is 0 Å². The van der Waals surface area contributed by atoms with Gasteiger partial charge in [-0.1, -0.05) is 61.9 Å². The number of hydrogen-bond donors (Lipinski definition) is 0. The number of hydrogen-bond acceptors (Lipinski definition) is 0. The normalized spacial score (nSPS) is 16.2. The van der Waals surface area contributed by atoms with Crippen LogP contribution in [-0.4, -0.2) is 0 Å². The van der Waals surface area contributed by atoms with Crippen LogP contribution in [0.5, 0.6) is 0 Å². The molecule has 0 saturated heterocycles. The molecule has 0 atom stereocenters. The van der Waals surface area contributed by atoms with E-state index in [0.717, 1.165) is 0 Å². The minimum absolute atomic E-state index is 0.693. The molecule has 0 saturated carbocycles. The van der Waals surface area contributed by atoms with Crippen molar-refractivity contribution < 1.29 is 0 Å². The summed E-state index contributed by atoms with van der Waals surface area (Å²) in [5.41, 5.74) is 4.42. The first kappa shape index (κ1) is 10.2. The van der Waals surface area contributed by atoms with Crippen molar-refractivity contribution in [2.75, 3.05) is 0 Å². The van der Waals surface area contributed by atoms with Gasteiger partial charge in [0.2, 0.25) is 0 Å². The average molecular weight is 198 g/mol. The molecule has 78 valence electrons. The molecular weight excluding hydrogens is 180 g/mol. The molecule has 0 N–H and O–H groups in total. The van der Waals surface area contributed by atoms with Crippen molar-refractivity contribution in [3.8, 4) is 0 Å². The predicted octanol–water partition coefficient (Wildman–Crippen LogP) is 4.45. The SMILES string of the molecule is CC(C)C1=CC=C(c2ccccc2)CC1. The summed E-state index contributed by atoms with van der Waals surface area (Å²) >= 11 is 0. The molecule has 0 unspecified atom stereocenters. The van der Waals surface area contributed by atoms with Crippen molar-refractivity contribution in [2.24, 2.45) is 5.92 Å². The van der Waals surface area contributed by atoms with E-state index in [1.807, 2.05) is 0 Å². The topological polar surface area (TPSA) is 0 Å². The van der Waals surface area contributed by atoms with Crippen molar-refractivity contribution in [3.63, 3.8) is 0 Å². The van der Waals surface area contributed by atoms with E-state index in [1.54, 1.807) is 5.57 Å². The first-order chi connectivity index (χ1) is 7.27. The summed E-state index contributed by atoms with van der Waals surface area (Å²) in [4.78, 5) is 0. The molecule has 0 aliphatic heterocycles. The average Bonchev–Trinajstić information content (AvgIpc) is 2.30. The van der Waals surface area contributed by atoms with Gasteiger partial charge in [-0.2, -0.15) is 0 Å². The van der Waals surface area contributed by atoms with Gasteiger partial charge in [-0.05, 0) is 29.9 Å². The maximum atomic E-state index is 2.30. The van der Waals surface area contributed by atoms with E-state index in [1.165, 1.54) is 24.0 Å². The molecule has 0 radical (unpaired) electrons. The first-order valence-electron chi connectivity index (χ1n) is 5.72. The zero-order chi connectivity index (χ0) is 10.7. The van der Waals surface area contributed by atoms with Crippen LogP contribution in [0.4, 0.5) is 0 Å². The summed E-state index contributed by atoms with van der Waals surface area (Å²) in [7, 11) is 0. The summed E-state index contributed by atoms with van der Waals surface area (Å²) in [5.74, 6) is 0.693. The van der Waals surface area contributed by atoms with E-state index in [9.17, 15) is 0 Å². The van der Waals surface area contributed by atoms with Gasteiger partial charge in [-0.15, -0.1) is 0 Å². The Hall–Kier alpha value is -1.30. The standard InChI is InChI=1S/C15H18/c1-12(2)13-8-10-15(11-9-13)14-6-4-3-5-7-14/h3-8,10,12H,9,11H2,1-2H3. The third-order valence-electron chi connectivity index (χ3n) is 3.07. The van der Waals surface area contributed by atoms with Gasteiger partial charge in [0.1, 0.15) is 0 Å². The van der Waals surface area contributed by atoms with Gasteiger partial charge >= 0.3 is 0 Å². The molecule has 0 bridgehead atoms. The van der Waals surface area contributed by atoms with E-state index in [0.29, 0.717) is 5.92 Å². The van der Waals surface area contributed by atoms with Crippen LogP contribution in [0.15, 0.2) is 48.1 Å². The Balaban J connectivity index is 2.21. The van der Waals surface area contributed by atoms with E-state index < -0.39 is 0 Å². The number of rotatable bonds is 2. The second-order valence-electron chi connectivity index (χ2n) is 4.45. The van der Waals surface area contributed by atoms with Crippen molar-refractivity contribution in [3.05, 3.63) is 53.6 Å². The highest BCUT2D eigenvalue weighted by atomic mass is 14.1. The van der Waals surface area contributed by atoms with Crippen molar-refractivity contribution in [1.82, 2.24) is 0 Å². The summed E-state index contributed by atoms with van der Waals surface area (Å²) < 4.78 is 0. The molecule has 15 heavy (non-hydrogen) atoms. The summed E-state index contributed by atoms with van der Waals surface area (Å²) in [6, 6.07) is 10.7. The van der Waals surface area contributed by atoms with Gasteiger partial charge in [-0.3, -0.25) is 0 Å². The minimum Gasteiger partial charge on any atom is -0.0673 e. The van der Waals surface area contributed by atoms with E-state index in [2.05, 4.69) is 56.3 Å². The zero-order valence-corrected chi connectivity index (χ0v) is 9.53. The highest BCUT2D eigenvalue weighted by Crippen LogP contribution is 2.29. The predicted molar refractivity (Wildman–Crippen MR) is 66.6 cm³/mol. The lowest BCUT2D eigenvalue weighted by Crippen LogP contribution is -1.99. The Kier molecular flexibility index (Phi) is 3.05. The molecule has 2 rings (SSSR count). The Morgan fingerprint density at radius 2 is 1.67 bits per heavy atom. The van der Waals surface area contributed by atoms with Gasteiger partial charge in [0.05, 0.1) is 0 Å². The molecule has 0 heteroatoms. The Labute approximate surface area is 92.3 Å². The van der Waals surface area contributed by atoms with Gasteiger partial charge in [0, 0.05) is 0 Å². The molecule has 0 nitrogen and oxygen atoms in total. The Bertz CT molecular complexity index is 380. The molecule has 0 aromatic heterocycles. The summed E-state index contributed by atoms with van der Waals surface area (Å²) in [5, 5.41) is 0. The molecule has 1 aromatic carbocycles. The van der Waals surface area contributed by atoms with Crippen LogP contribution < -0.4 is 0 Å². The second kappa shape index (κ2) is 4.48. The lowest BCUT2D eigenvalue weighted by Gasteiger charge is -2.17. The lowest BCUT2D eigenvalue weighted by atomic mass is 9.88. The minimum atomic E-state index is 0.693. The summed E-state index contributed by atoms with van der Waals surface area (Å²) in [6.45, 7) is 4.54. The van der Waals surface area contributed by atoms with Crippen LogP contribution in [0, 0.1) is 5.92 Å². The number of allylic oxidation sites excluding steroid dienone is 4. The quantitative estimate of drug-likeness (QED) is 0.658. The fourth-order valence-electron chi connectivity index (χ4n) is 2.03.